The predicted octanol–water partition coefficient (Wildman–Crippen LogP) is 2.81. The highest BCUT2D eigenvalue weighted by molar-refractivity contribution is 5.85. The lowest BCUT2D eigenvalue weighted by molar-refractivity contribution is -0.131. The van der Waals surface area contributed by atoms with Gasteiger partial charge in [0.25, 0.3) is 0 Å². The number of nitrogens with one attached hydrogen (secondary N) is 2. The van der Waals surface area contributed by atoms with Crippen molar-refractivity contribution in [2.45, 2.75) is 45.1 Å². The highest BCUT2D eigenvalue weighted by Crippen LogP contribution is 2.37. The van der Waals surface area contributed by atoms with Gasteiger partial charge in [0.2, 0.25) is 11.8 Å². The summed E-state index contributed by atoms with van der Waals surface area (Å²) in [6, 6.07) is 10.2. The maximum absolute atomic E-state index is 12.6. The molecule has 2 amide bonds. The summed E-state index contributed by atoms with van der Waals surface area (Å²) >= 11 is 0. The first-order chi connectivity index (χ1) is 10.7. The van der Waals surface area contributed by atoms with Crippen molar-refractivity contribution in [3.63, 3.8) is 0 Å². The minimum absolute atomic E-state index is 0.00754. The zero-order chi connectivity index (χ0) is 15.9. The highest BCUT2D eigenvalue weighted by atomic mass is 16.2. The minimum Gasteiger partial charge on any atom is -0.359 e. The van der Waals surface area contributed by atoms with Crippen LogP contribution < -0.4 is 10.6 Å². The Hall–Kier alpha value is -1.84. The van der Waals surface area contributed by atoms with Gasteiger partial charge < -0.3 is 10.6 Å². The predicted molar refractivity (Wildman–Crippen MR) is 87.1 cm³/mol. The van der Waals surface area contributed by atoms with Gasteiger partial charge in [-0.15, -0.1) is 0 Å². The van der Waals surface area contributed by atoms with E-state index < -0.39 is 0 Å². The van der Waals surface area contributed by atoms with Gasteiger partial charge >= 0.3 is 0 Å². The molecule has 1 fully saturated rings. The van der Waals surface area contributed by atoms with Crippen LogP contribution in [0.4, 0.5) is 0 Å². The van der Waals surface area contributed by atoms with Crippen LogP contribution in [0.25, 0.3) is 0 Å². The quantitative estimate of drug-likeness (QED) is 0.813. The van der Waals surface area contributed by atoms with Crippen LogP contribution in [0.2, 0.25) is 0 Å². The summed E-state index contributed by atoms with van der Waals surface area (Å²) in [6.07, 6.45) is 4.48. The van der Waals surface area contributed by atoms with Crippen molar-refractivity contribution in [3.05, 3.63) is 35.9 Å². The third-order valence-corrected chi connectivity index (χ3v) is 4.65. The molecule has 0 bridgehead atoms. The Labute approximate surface area is 132 Å². The van der Waals surface area contributed by atoms with E-state index in [1.807, 2.05) is 25.1 Å². The first kappa shape index (κ1) is 16.5. The van der Waals surface area contributed by atoms with Gasteiger partial charge in [0.1, 0.15) is 0 Å². The molecule has 0 aliphatic heterocycles. The van der Waals surface area contributed by atoms with Gasteiger partial charge in [0.15, 0.2) is 0 Å². The van der Waals surface area contributed by atoms with E-state index in [0.29, 0.717) is 12.3 Å². The molecule has 1 aliphatic rings. The van der Waals surface area contributed by atoms with Crippen LogP contribution in [-0.4, -0.2) is 18.9 Å². The molecular weight excluding hydrogens is 276 g/mol. The molecule has 2 N–H and O–H groups in total. The van der Waals surface area contributed by atoms with Crippen molar-refractivity contribution in [3.8, 4) is 0 Å². The molecule has 1 aliphatic carbocycles. The fourth-order valence-corrected chi connectivity index (χ4v) is 2.93. The molecule has 0 heterocycles. The first-order valence-electron chi connectivity index (χ1n) is 8.21. The molecule has 0 radical (unpaired) electrons. The standard InChI is InChI=1S/C18H26N2O2/c1-3-13(12-16(21)19-2)18(22)20-17(15-10-7-11-15)14-8-5-4-6-9-14/h4-6,8-9,13,15,17H,3,7,10-12H2,1-2H3,(H,19,21)(H,20,22). The average molecular weight is 302 g/mol. The monoisotopic (exact) mass is 302 g/mol. The van der Waals surface area contributed by atoms with Crippen molar-refractivity contribution >= 4 is 11.8 Å². The Kier molecular flexibility index (Phi) is 5.99. The van der Waals surface area contributed by atoms with Crippen molar-refractivity contribution < 1.29 is 9.59 Å². The number of amides is 2. The smallest absolute Gasteiger partial charge is 0.224 e. The molecule has 120 valence electrons. The molecule has 2 atom stereocenters. The van der Waals surface area contributed by atoms with Crippen molar-refractivity contribution in [1.82, 2.24) is 10.6 Å². The summed E-state index contributed by atoms with van der Waals surface area (Å²) in [5.41, 5.74) is 1.16. The molecule has 1 saturated carbocycles. The lowest BCUT2D eigenvalue weighted by Crippen LogP contribution is -2.40. The fourth-order valence-electron chi connectivity index (χ4n) is 2.93. The second-order valence-corrected chi connectivity index (χ2v) is 6.07. The summed E-state index contributed by atoms with van der Waals surface area (Å²) in [5.74, 6) is 0.170. The topological polar surface area (TPSA) is 58.2 Å². The van der Waals surface area contributed by atoms with Crippen LogP contribution in [0.1, 0.15) is 50.6 Å². The lowest BCUT2D eigenvalue weighted by atomic mass is 9.77. The summed E-state index contributed by atoms with van der Waals surface area (Å²) < 4.78 is 0. The second kappa shape index (κ2) is 7.97. The summed E-state index contributed by atoms with van der Waals surface area (Å²) in [7, 11) is 1.61. The third kappa shape index (κ3) is 4.09. The molecule has 4 heteroatoms. The Bertz CT molecular complexity index is 497. The fraction of sp³-hybridized carbons (Fsp3) is 0.556. The third-order valence-electron chi connectivity index (χ3n) is 4.65. The van der Waals surface area contributed by atoms with Gasteiger partial charge in [-0.3, -0.25) is 9.59 Å². The summed E-state index contributed by atoms with van der Waals surface area (Å²) in [5, 5.41) is 5.79. The van der Waals surface area contributed by atoms with E-state index in [2.05, 4.69) is 22.8 Å². The lowest BCUT2D eigenvalue weighted by Gasteiger charge is -2.35. The van der Waals surface area contributed by atoms with Crippen molar-refractivity contribution in [2.75, 3.05) is 7.05 Å². The van der Waals surface area contributed by atoms with Gasteiger partial charge in [0.05, 0.1) is 6.04 Å². The van der Waals surface area contributed by atoms with E-state index in [1.54, 1.807) is 7.05 Å². The van der Waals surface area contributed by atoms with E-state index in [-0.39, 0.29) is 30.2 Å². The Balaban J connectivity index is 2.06. The summed E-state index contributed by atoms with van der Waals surface area (Å²) in [4.78, 5) is 24.1. The minimum atomic E-state index is -0.258. The van der Waals surface area contributed by atoms with Gasteiger partial charge in [-0.05, 0) is 30.7 Å². The maximum atomic E-state index is 12.6. The highest BCUT2D eigenvalue weighted by Gasteiger charge is 2.31. The first-order valence-corrected chi connectivity index (χ1v) is 8.21. The number of rotatable bonds is 7. The van der Waals surface area contributed by atoms with Gasteiger partial charge in [0, 0.05) is 19.4 Å². The Morgan fingerprint density at radius 2 is 1.91 bits per heavy atom. The molecule has 2 unspecified atom stereocenters. The van der Waals surface area contributed by atoms with Gasteiger partial charge in [-0.25, -0.2) is 0 Å². The molecule has 4 nitrogen and oxygen atoms in total. The van der Waals surface area contributed by atoms with E-state index >= 15 is 0 Å². The van der Waals surface area contributed by atoms with Crippen molar-refractivity contribution in [2.24, 2.45) is 11.8 Å². The molecule has 2 rings (SSSR count). The average Bonchev–Trinajstić information content (AvgIpc) is 2.50. The normalized spacial score (nSPS) is 17.2. The zero-order valence-corrected chi connectivity index (χ0v) is 13.5. The maximum Gasteiger partial charge on any atom is 0.224 e. The number of carbonyl (C=O) groups excluding carboxylic acids is 2. The summed E-state index contributed by atoms with van der Waals surface area (Å²) in [6.45, 7) is 1.95. The molecule has 0 saturated heterocycles. The van der Waals surface area contributed by atoms with Crippen LogP contribution in [-0.2, 0) is 9.59 Å². The van der Waals surface area contributed by atoms with Crippen molar-refractivity contribution in [1.29, 1.82) is 0 Å². The number of hydrogen-bond donors (Lipinski definition) is 2. The van der Waals surface area contributed by atoms with Gasteiger partial charge in [-0.2, -0.15) is 0 Å². The number of carbonyl (C=O) groups is 2. The largest absolute Gasteiger partial charge is 0.359 e. The van der Waals surface area contributed by atoms with Crippen LogP contribution >= 0.6 is 0 Å². The number of hydrogen-bond acceptors (Lipinski definition) is 2. The molecule has 0 spiro atoms. The number of benzene rings is 1. The molecule has 1 aromatic carbocycles. The van der Waals surface area contributed by atoms with Gasteiger partial charge in [-0.1, -0.05) is 43.7 Å². The van der Waals surface area contributed by atoms with E-state index in [9.17, 15) is 9.59 Å². The Morgan fingerprint density at radius 1 is 1.23 bits per heavy atom. The van der Waals surface area contributed by atoms with E-state index in [4.69, 9.17) is 0 Å². The molecular formula is C18H26N2O2. The second-order valence-electron chi connectivity index (χ2n) is 6.07. The molecule has 0 aromatic heterocycles. The molecule has 1 aromatic rings. The van der Waals surface area contributed by atoms with E-state index in [1.165, 1.54) is 6.42 Å². The SMILES string of the molecule is CCC(CC(=O)NC)C(=O)NC(c1ccccc1)C1CCC1. The zero-order valence-electron chi connectivity index (χ0n) is 13.5. The molecule has 22 heavy (non-hydrogen) atoms. The van der Waals surface area contributed by atoms with Crippen LogP contribution in [0.15, 0.2) is 30.3 Å². The van der Waals surface area contributed by atoms with Crippen LogP contribution in [0, 0.1) is 11.8 Å². The van der Waals surface area contributed by atoms with Crippen LogP contribution in [0.3, 0.4) is 0 Å². The van der Waals surface area contributed by atoms with Crippen LogP contribution in [0.5, 0.6) is 0 Å². The Morgan fingerprint density at radius 3 is 2.41 bits per heavy atom. The van der Waals surface area contributed by atoms with E-state index in [0.717, 1.165) is 18.4 Å².